The summed E-state index contributed by atoms with van der Waals surface area (Å²) in [5.74, 6) is -0.521. The molecule has 0 fully saturated rings. The van der Waals surface area contributed by atoms with Crippen LogP contribution in [-0.4, -0.2) is 27.6 Å². The lowest BCUT2D eigenvalue weighted by molar-refractivity contribution is -0.120. The van der Waals surface area contributed by atoms with Crippen LogP contribution in [0.5, 0.6) is 0 Å². The molecule has 214 valence electrons. The number of anilines is 1. The molecule has 2 atom stereocenters. The van der Waals surface area contributed by atoms with E-state index in [2.05, 4.69) is 32.2 Å². The zero-order chi connectivity index (χ0) is 29.8. The maximum absolute atomic E-state index is 13.8. The summed E-state index contributed by atoms with van der Waals surface area (Å²) in [4.78, 5) is 32.5. The van der Waals surface area contributed by atoms with Crippen LogP contribution in [0.2, 0.25) is 0 Å². The first-order valence-electron chi connectivity index (χ1n) is 13.6. The number of benzene rings is 4. The largest absolute Gasteiger partial charge is 0.341 e. The van der Waals surface area contributed by atoms with Gasteiger partial charge in [0.15, 0.2) is 0 Å². The molecule has 0 radical (unpaired) electrons. The SMILES string of the molecule is O=C1N[C@@H](c2ccccc2)[C@H](c2ccccc2)N=C1c1cn(CC(=O)N(NNC=S)c2ccccc2)c2ccc(Br)cc12. The molecule has 0 unspecified atom stereocenters. The normalized spacial score (nSPS) is 16.3. The van der Waals surface area contributed by atoms with Gasteiger partial charge in [0, 0.05) is 27.1 Å². The molecule has 3 N–H and O–H groups in total. The smallest absolute Gasteiger partial charge is 0.270 e. The second-order valence-corrected chi connectivity index (χ2v) is 11.1. The highest BCUT2D eigenvalue weighted by Gasteiger charge is 2.34. The number of halogens is 1. The van der Waals surface area contributed by atoms with E-state index in [0.29, 0.717) is 17.0 Å². The lowest BCUT2D eigenvalue weighted by atomic mass is 9.91. The van der Waals surface area contributed by atoms with Crippen LogP contribution in [0.15, 0.2) is 125 Å². The number of hydrogen-bond donors (Lipinski definition) is 3. The third-order valence-corrected chi connectivity index (χ3v) is 7.90. The van der Waals surface area contributed by atoms with Crippen molar-refractivity contribution in [2.45, 2.75) is 18.6 Å². The van der Waals surface area contributed by atoms with Gasteiger partial charge in [-0.15, -0.1) is 5.53 Å². The Labute approximate surface area is 262 Å². The molecule has 0 bridgehead atoms. The number of thiocarbonyl (C=S) groups is 1. The second-order valence-electron chi connectivity index (χ2n) is 9.97. The molecule has 2 amide bonds. The minimum absolute atomic E-state index is 0.0111. The van der Waals surface area contributed by atoms with Crippen molar-refractivity contribution in [1.82, 2.24) is 20.8 Å². The number of nitrogens with one attached hydrogen (secondary N) is 3. The maximum Gasteiger partial charge on any atom is 0.270 e. The standard InChI is InChI=1S/C33H27BrN6O2S/c34-24-16-17-28-26(18-24)27(19-39(28)20-29(41)40(38-35-21-43)25-14-8-3-9-15-25)32-33(42)37-31(23-12-6-2-7-13-23)30(36-32)22-10-4-1-5-11-22/h1-19,21,30-31,38H,20H2,(H,35,43)(H,37,42)/t30-,31-/m0/s1. The Bertz CT molecular complexity index is 1810. The van der Waals surface area contributed by atoms with Crippen LogP contribution in [0, 0.1) is 0 Å². The maximum atomic E-state index is 13.8. The number of nitrogens with zero attached hydrogens (tertiary/aromatic N) is 3. The first-order chi connectivity index (χ1) is 21.0. The molecular formula is C33H27BrN6O2S. The molecule has 0 spiro atoms. The lowest BCUT2D eigenvalue weighted by Gasteiger charge is -2.31. The third kappa shape index (κ3) is 5.98. The Morgan fingerprint density at radius 2 is 1.60 bits per heavy atom. The summed E-state index contributed by atoms with van der Waals surface area (Å²) in [6.07, 6.45) is 1.83. The molecule has 6 rings (SSSR count). The van der Waals surface area contributed by atoms with Gasteiger partial charge in [-0.3, -0.25) is 20.0 Å². The molecular weight excluding hydrogens is 624 g/mol. The summed E-state index contributed by atoms with van der Waals surface area (Å²) in [6.45, 7) is -0.0111. The summed E-state index contributed by atoms with van der Waals surface area (Å²) < 4.78 is 2.69. The topological polar surface area (TPSA) is 90.8 Å². The van der Waals surface area contributed by atoms with E-state index in [4.69, 9.17) is 17.2 Å². The molecule has 1 aliphatic rings. The number of fused-ring (bicyclic) bond motifs is 1. The fraction of sp³-hybridized carbons (Fsp3) is 0.0909. The van der Waals surface area contributed by atoms with Crippen LogP contribution >= 0.6 is 28.1 Å². The van der Waals surface area contributed by atoms with E-state index < -0.39 is 0 Å². The number of hydrazine groups is 2. The lowest BCUT2D eigenvalue weighted by Crippen LogP contribution is -2.51. The zero-order valence-electron chi connectivity index (χ0n) is 22.9. The van der Waals surface area contributed by atoms with E-state index in [1.807, 2.05) is 120 Å². The van der Waals surface area contributed by atoms with Gasteiger partial charge in [-0.05, 0) is 41.5 Å². The van der Waals surface area contributed by atoms with Crippen molar-refractivity contribution in [2.75, 3.05) is 5.01 Å². The molecule has 0 aliphatic carbocycles. The quantitative estimate of drug-likeness (QED) is 0.138. The van der Waals surface area contributed by atoms with Gasteiger partial charge in [-0.1, -0.05) is 107 Å². The van der Waals surface area contributed by atoms with E-state index in [1.54, 1.807) is 0 Å². The number of hydrogen-bond acceptors (Lipinski definition) is 5. The predicted molar refractivity (Wildman–Crippen MR) is 177 cm³/mol. The highest BCUT2D eigenvalue weighted by molar-refractivity contribution is 9.10. The first-order valence-corrected chi connectivity index (χ1v) is 14.9. The highest BCUT2D eigenvalue weighted by Crippen LogP contribution is 2.37. The van der Waals surface area contributed by atoms with Gasteiger partial charge in [-0.25, -0.2) is 5.01 Å². The van der Waals surface area contributed by atoms with Crippen LogP contribution < -0.4 is 21.3 Å². The van der Waals surface area contributed by atoms with Gasteiger partial charge in [0.25, 0.3) is 11.8 Å². The summed E-state index contributed by atoms with van der Waals surface area (Å²) in [7, 11) is 0. The van der Waals surface area contributed by atoms with E-state index in [-0.39, 0.29) is 30.4 Å². The van der Waals surface area contributed by atoms with Crippen LogP contribution in [-0.2, 0) is 16.1 Å². The number of aliphatic imine (C=N–C) groups is 1. The Morgan fingerprint density at radius 1 is 0.953 bits per heavy atom. The second kappa shape index (κ2) is 12.7. The first kappa shape index (κ1) is 28.5. The van der Waals surface area contributed by atoms with Crippen molar-refractivity contribution in [1.29, 1.82) is 0 Å². The fourth-order valence-corrected chi connectivity index (χ4v) is 5.75. The summed E-state index contributed by atoms with van der Waals surface area (Å²) in [6, 6.07) is 34.2. The van der Waals surface area contributed by atoms with Gasteiger partial charge in [-0.2, -0.15) is 0 Å². The number of carbonyl (C=O) groups excluding carboxylic acids is 2. The number of aromatic nitrogens is 1. The molecule has 1 aliphatic heterocycles. The van der Waals surface area contributed by atoms with Crippen molar-refractivity contribution in [2.24, 2.45) is 4.99 Å². The minimum atomic E-state index is -0.345. The number of rotatable bonds is 9. The average molecular weight is 652 g/mol. The Balaban J connectivity index is 1.43. The molecule has 10 heteroatoms. The van der Waals surface area contributed by atoms with Crippen molar-refractivity contribution < 1.29 is 9.59 Å². The van der Waals surface area contributed by atoms with Crippen LogP contribution in [0.3, 0.4) is 0 Å². The van der Waals surface area contributed by atoms with Crippen molar-refractivity contribution >= 4 is 67.8 Å². The van der Waals surface area contributed by atoms with E-state index >= 15 is 0 Å². The molecule has 5 aromatic rings. The molecule has 8 nitrogen and oxygen atoms in total. The van der Waals surface area contributed by atoms with Gasteiger partial charge in [0.05, 0.1) is 17.2 Å². The fourth-order valence-electron chi connectivity index (χ4n) is 5.34. The van der Waals surface area contributed by atoms with Gasteiger partial charge in [0.2, 0.25) is 0 Å². The number of para-hydroxylation sites is 1. The van der Waals surface area contributed by atoms with Gasteiger partial charge in [0.1, 0.15) is 18.3 Å². The summed E-state index contributed by atoms with van der Waals surface area (Å²) in [5, 5.41) is 5.42. The Hall–Kier alpha value is -4.64. The third-order valence-electron chi connectivity index (χ3n) is 7.29. The van der Waals surface area contributed by atoms with E-state index in [1.165, 1.54) is 10.5 Å². The van der Waals surface area contributed by atoms with E-state index in [0.717, 1.165) is 26.5 Å². The average Bonchev–Trinajstić information content (AvgIpc) is 3.39. The number of amides is 2. The summed E-state index contributed by atoms with van der Waals surface area (Å²) in [5.41, 5.74) is 11.2. The molecule has 0 saturated heterocycles. The predicted octanol–water partition coefficient (Wildman–Crippen LogP) is 5.80. The van der Waals surface area contributed by atoms with Crippen molar-refractivity contribution in [3.05, 3.63) is 137 Å². The Kier molecular flexibility index (Phi) is 8.41. The summed E-state index contributed by atoms with van der Waals surface area (Å²) >= 11 is 8.47. The monoisotopic (exact) mass is 650 g/mol. The van der Waals surface area contributed by atoms with Crippen molar-refractivity contribution in [3.8, 4) is 0 Å². The van der Waals surface area contributed by atoms with Gasteiger partial charge >= 0.3 is 0 Å². The molecule has 2 heterocycles. The minimum Gasteiger partial charge on any atom is -0.341 e. The Morgan fingerprint density at radius 3 is 2.28 bits per heavy atom. The van der Waals surface area contributed by atoms with Crippen molar-refractivity contribution in [3.63, 3.8) is 0 Å². The highest BCUT2D eigenvalue weighted by atomic mass is 79.9. The van der Waals surface area contributed by atoms with Gasteiger partial charge < -0.3 is 9.88 Å². The van der Waals surface area contributed by atoms with Crippen LogP contribution in [0.1, 0.15) is 28.8 Å². The zero-order valence-corrected chi connectivity index (χ0v) is 25.3. The molecule has 1 aromatic heterocycles. The van der Waals surface area contributed by atoms with Crippen LogP contribution in [0.4, 0.5) is 5.69 Å². The molecule has 0 saturated carbocycles. The molecule has 43 heavy (non-hydrogen) atoms. The number of carbonyl (C=O) groups is 2. The molecule has 4 aromatic carbocycles. The van der Waals surface area contributed by atoms with E-state index in [9.17, 15) is 9.59 Å². The van der Waals surface area contributed by atoms with Crippen LogP contribution in [0.25, 0.3) is 10.9 Å².